The van der Waals surface area contributed by atoms with E-state index >= 15 is 0 Å². The van der Waals surface area contributed by atoms with Crippen LogP contribution in [0.1, 0.15) is 51.4 Å². The van der Waals surface area contributed by atoms with E-state index in [-0.39, 0.29) is 29.0 Å². The average Bonchev–Trinajstić information content (AvgIpc) is 3.38. The molecule has 0 bridgehead atoms. The number of hydrogen-bond acceptors (Lipinski definition) is 8. The minimum Gasteiger partial charge on any atom is -0.452 e. The number of nitrogens with zero attached hydrogens (tertiary/aromatic N) is 2. The molecule has 1 saturated carbocycles. The van der Waals surface area contributed by atoms with E-state index in [1.54, 1.807) is 12.1 Å². The van der Waals surface area contributed by atoms with E-state index in [0.717, 1.165) is 36.4 Å². The largest absolute Gasteiger partial charge is 0.452 e. The van der Waals surface area contributed by atoms with Crippen LogP contribution in [0.3, 0.4) is 0 Å². The molecule has 0 aromatic carbocycles. The van der Waals surface area contributed by atoms with E-state index in [2.05, 4.69) is 15.0 Å². The molecule has 37 heavy (non-hydrogen) atoms. The first-order valence-electron chi connectivity index (χ1n) is 12.5. The van der Waals surface area contributed by atoms with E-state index in [0.29, 0.717) is 12.8 Å². The van der Waals surface area contributed by atoms with Crippen LogP contribution >= 0.6 is 0 Å². The van der Waals surface area contributed by atoms with Crippen LogP contribution in [0, 0.1) is 5.92 Å². The fourth-order valence-corrected chi connectivity index (χ4v) is 7.39. The number of hydrogen-bond donors (Lipinski definition) is 2. The highest BCUT2D eigenvalue weighted by atomic mass is 32.2. The fourth-order valence-electron chi connectivity index (χ4n) is 4.88. The van der Waals surface area contributed by atoms with Crippen molar-refractivity contribution in [3.8, 4) is 0 Å². The number of Topliss-reactive ketones (excluding diaryl/α,β-unsaturated/α-hetero) is 1. The predicted molar refractivity (Wildman–Crippen MR) is 133 cm³/mol. The minimum absolute atomic E-state index is 0.105. The Labute approximate surface area is 217 Å². The van der Waals surface area contributed by atoms with Gasteiger partial charge in [-0.25, -0.2) is 21.8 Å². The minimum atomic E-state index is -4.09. The van der Waals surface area contributed by atoms with Crippen molar-refractivity contribution in [2.45, 2.75) is 73.6 Å². The Balaban J connectivity index is 1.47. The maximum Gasteiger partial charge on any atom is 0.274 e. The molecule has 1 saturated heterocycles. The van der Waals surface area contributed by atoms with Crippen molar-refractivity contribution in [1.82, 2.24) is 19.3 Å². The van der Waals surface area contributed by atoms with Crippen molar-refractivity contribution in [3.63, 3.8) is 0 Å². The highest BCUT2D eigenvalue weighted by Crippen LogP contribution is 2.28. The zero-order valence-electron chi connectivity index (χ0n) is 20.4. The van der Waals surface area contributed by atoms with Gasteiger partial charge in [-0.1, -0.05) is 38.2 Å². The van der Waals surface area contributed by atoms with Crippen molar-refractivity contribution in [2.24, 2.45) is 5.92 Å². The SMILES string of the molecule is O=C1CN(S(=O)(=O)c2ccccn2)CCC[C@@H]1NC(=O)[C@H](CC1CCCCC1)NS(=O)(=O)c1ccco1. The quantitative estimate of drug-likeness (QED) is 0.477. The summed E-state index contributed by atoms with van der Waals surface area (Å²) in [4.78, 5) is 30.3. The van der Waals surface area contributed by atoms with Crippen molar-refractivity contribution in [1.29, 1.82) is 0 Å². The monoisotopic (exact) mass is 552 g/mol. The Kier molecular flexibility index (Phi) is 8.78. The lowest BCUT2D eigenvalue weighted by Crippen LogP contribution is -2.52. The van der Waals surface area contributed by atoms with Gasteiger partial charge >= 0.3 is 0 Å². The van der Waals surface area contributed by atoms with Gasteiger partial charge in [0.15, 0.2) is 10.8 Å². The van der Waals surface area contributed by atoms with E-state index in [1.807, 2.05) is 0 Å². The molecule has 2 fully saturated rings. The number of nitrogens with one attached hydrogen (secondary N) is 2. The van der Waals surface area contributed by atoms with Crippen molar-refractivity contribution in [2.75, 3.05) is 13.1 Å². The third-order valence-corrected chi connectivity index (χ3v) is 9.97. The molecular weight excluding hydrogens is 520 g/mol. The lowest BCUT2D eigenvalue weighted by atomic mass is 9.85. The molecule has 0 spiro atoms. The molecule has 2 N–H and O–H groups in total. The van der Waals surface area contributed by atoms with Gasteiger partial charge in [-0.05, 0) is 49.4 Å². The molecule has 2 aliphatic rings. The summed E-state index contributed by atoms with van der Waals surface area (Å²) in [6.07, 6.45) is 8.42. The molecular formula is C24H32N4O7S2. The summed E-state index contributed by atoms with van der Waals surface area (Å²) in [5.41, 5.74) is 0. The molecule has 0 radical (unpaired) electrons. The zero-order chi connectivity index (χ0) is 26.5. The van der Waals surface area contributed by atoms with Crippen LogP contribution in [-0.2, 0) is 29.6 Å². The van der Waals surface area contributed by atoms with Gasteiger partial charge in [0.05, 0.1) is 18.8 Å². The number of amides is 1. The molecule has 13 heteroatoms. The summed E-state index contributed by atoms with van der Waals surface area (Å²) in [6.45, 7) is -0.303. The molecule has 3 heterocycles. The normalized spacial score (nSPS) is 21.3. The van der Waals surface area contributed by atoms with Crippen molar-refractivity contribution >= 4 is 31.7 Å². The van der Waals surface area contributed by atoms with Gasteiger partial charge in [-0.2, -0.15) is 9.03 Å². The molecule has 1 amide bonds. The Bertz CT molecular complexity index is 1280. The highest BCUT2D eigenvalue weighted by Gasteiger charge is 2.36. The number of sulfonamides is 2. The first kappa shape index (κ1) is 27.4. The second-order valence-corrected chi connectivity index (χ2v) is 13.1. The van der Waals surface area contributed by atoms with Crippen molar-refractivity contribution < 1.29 is 30.8 Å². The van der Waals surface area contributed by atoms with Crippen LogP contribution in [0.2, 0.25) is 0 Å². The Morgan fingerprint density at radius 2 is 1.84 bits per heavy atom. The summed E-state index contributed by atoms with van der Waals surface area (Å²) in [6, 6.07) is 5.23. The maximum atomic E-state index is 13.3. The van der Waals surface area contributed by atoms with Gasteiger partial charge in [0.25, 0.3) is 20.0 Å². The average molecular weight is 553 g/mol. The van der Waals surface area contributed by atoms with E-state index in [9.17, 15) is 26.4 Å². The number of carbonyl (C=O) groups is 2. The second kappa shape index (κ2) is 11.8. The maximum absolute atomic E-state index is 13.3. The van der Waals surface area contributed by atoms with Crippen LogP contribution in [0.15, 0.2) is 57.3 Å². The smallest absolute Gasteiger partial charge is 0.274 e. The van der Waals surface area contributed by atoms with Gasteiger partial charge < -0.3 is 9.73 Å². The highest BCUT2D eigenvalue weighted by molar-refractivity contribution is 7.89. The van der Waals surface area contributed by atoms with Gasteiger partial charge in [-0.15, -0.1) is 0 Å². The van der Waals surface area contributed by atoms with Gasteiger partial charge in [0.2, 0.25) is 11.0 Å². The van der Waals surface area contributed by atoms with Crippen LogP contribution in [0.4, 0.5) is 0 Å². The topological polar surface area (TPSA) is 156 Å². The van der Waals surface area contributed by atoms with E-state index in [1.165, 1.54) is 30.7 Å². The summed E-state index contributed by atoms with van der Waals surface area (Å²) in [5.74, 6) is -0.900. The first-order valence-corrected chi connectivity index (χ1v) is 15.4. The molecule has 0 unspecified atom stereocenters. The molecule has 4 rings (SSSR count). The molecule has 1 aliphatic heterocycles. The van der Waals surface area contributed by atoms with Gasteiger partial charge in [0, 0.05) is 12.7 Å². The lowest BCUT2D eigenvalue weighted by Gasteiger charge is -2.27. The Hall–Kier alpha value is -2.61. The summed E-state index contributed by atoms with van der Waals surface area (Å²) in [5, 5.41) is 2.25. The van der Waals surface area contributed by atoms with Gasteiger partial charge in [0.1, 0.15) is 6.04 Å². The number of aromatic nitrogens is 1. The first-order chi connectivity index (χ1) is 17.7. The Morgan fingerprint density at radius 3 is 2.51 bits per heavy atom. The van der Waals surface area contributed by atoms with Crippen LogP contribution in [-0.4, -0.2) is 63.0 Å². The zero-order valence-corrected chi connectivity index (χ0v) is 22.0. The van der Waals surface area contributed by atoms with Gasteiger partial charge in [-0.3, -0.25) is 9.59 Å². The lowest BCUT2D eigenvalue weighted by molar-refractivity contribution is -0.128. The number of pyridine rings is 1. The van der Waals surface area contributed by atoms with Crippen LogP contribution in [0.25, 0.3) is 0 Å². The number of furan rings is 1. The molecule has 11 nitrogen and oxygen atoms in total. The van der Waals surface area contributed by atoms with E-state index in [4.69, 9.17) is 4.42 Å². The molecule has 2 aromatic rings. The summed E-state index contributed by atoms with van der Waals surface area (Å²) in [7, 11) is -8.06. The number of rotatable bonds is 9. The molecule has 2 atom stereocenters. The fraction of sp³-hybridized carbons (Fsp3) is 0.542. The number of ketones is 1. The third kappa shape index (κ3) is 6.83. The molecule has 2 aromatic heterocycles. The summed E-state index contributed by atoms with van der Waals surface area (Å²) >= 11 is 0. The summed E-state index contributed by atoms with van der Waals surface area (Å²) < 4.78 is 60.1. The Morgan fingerprint density at radius 1 is 1.05 bits per heavy atom. The predicted octanol–water partition coefficient (Wildman–Crippen LogP) is 1.83. The third-order valence-electron chi connectivity index (χ3n) is 6.85. The van der Waals surface area contributed by atoms with Crippen molar-refractivity contribution in [3.05, 3.63) is 42.8 Å². The second-order valence-electron chi connectivity index (χ2n) is 9.52. The molecule has 1 aliphatic carbocycles. The standard InChI is InChI=1S/C24H32N4O7S2/c29-21-17-28(37(33,34)22-11-4-5-13-25-22)14-6-10-19(21)26-24(30)20(16-18-8-2-1-3-9-18)27-36(31,32)23-12-7-15-35-23/h4-5,7,11-13,15,18-20,27H,1-3,6,8-10,14,16-17H2,(H,26,30)/t19-,20-/m0/s1. The van der Waals surface area contributed by atoms with E-state index < -0.39 is 50.4 Å². The van der Waals surface area contributed by atoms with Crippen LogP contribution < -0.4 is 10.0 Å². The molecule has 202 valence electrons. The van der Waals surface area contributed by atoms with Crippen LogP contribution in [0.5, 0.6) is 0 Å². The number of carbonyl (C=O) groups excluding carboxylic acids is 2.